The Morgan fingerprint density at radius 1 is 1.47 bits per heavy atom. The molecule has 0 atom stereocenters. The van der Waals surface area contributed by atoms with Gasteiger partial charge in [-0.05, 0) is 18.2 Å². The number of sulfonamides is 1. The Labute approximate surface area is 103 Å². The number of rotatable bonds is 4. The summed E-state index contributed by atoms with van der Waals surface area (Å²) in [6.45, 7) is 1.57. The quantitative estimate of drug-likeness (QED) is 0.814. The lowest BCUT2D eigenvalue weighted by molar-refractivity contribution is -0.121. The topological polar surface area (TPSA) is 75.3 Å². The maximum absolute atomic E-state index is 12.8. The molecule has 1 aromatic rings. The van der Waals surface area contributed by atoms with Crippen LogP contribution in [0.3, 0.4) is 0 Å². The summed E-state index contributed by atoms with van der Waals surface area (Å²) in [6.07, 6.45) is 0.132. The van der Waals surface area contributed by atoms with E-state index in [2.05, 4.69) is 0 Å². The Balaban J connectivity index is 2.90. The van der Waals surface area contributed by atoms with Crippen LogP contribution in [0, 0.1) is 5.82 Å². The van der Waals surface area contributed by atoms with Gasteiger partial charge in [-0.3, -0.25) is 10.2 Å². The normalized spacial score (nSPS) is 11.2. The Bertz CT molecular complexity index is 533. The van der Waals surface area contributed by atoms with E-state index in [9.17, 15) is 17.6 Å². The number of carbonyl (C=O) groups is 1. The van der Waals surface area contributed by atoms with Crippen LogP contribution in [0.2, 0.25) is 5.02 Å². The predicted octanol–water partition coefficient (Wildman–Crippen LogP) is 1.20. The number of benzene rings is 1. The van der Waals surface area contributed by atoms with Crippen LogP contribution < -0.4 is 10.3 Å². The molecule has 17 heavy (non-hydrogen) atoms. The molecular weight excluding hydrogens is 271 g/mol. The second kappa shape index (κ2) is 5.44. The third-order valence-corrected chi connectivity index (χ3v) is 3.38. The van der Waals surface area contributed by atoms with Crippen LogP contribution in [0.1, 0.15) is 13.3 Å². The van der Waals surface area contributed by atoms with Crippen LogP contribution in [0.5, 0.6) is 0 Å². The third kappa shape index (κ3) is 3.65. The minimum atomic E-state index is -3.94. The molecule has 0 spiro atoms. The van der Waals surface area contributed by atoms with Crippen molar-refractivity contribution < 1.29 is 17.6 Å². The Hall–Kier alpha value is -1.18. The van der Waals surface area contributed by atoms with Crippen molar-refractivity contribution in [1.29, 1.82) is 0 Å². The average molecular weight is 281 g/mol. The van der Waals surface area contributed by atoms with Crippen LogP contribution >= 0.6 is 11.6 Å². The average Bonchev–Trinajstić information content (AvgIpc) is 2.29. The van der Waals surface area contributed by atoms with Gasteiger partial charge in [0.15, 0.2) is 0 Å². The van der Waals surface area contributed by atoms with Gasteiger partial charge in [-0.15, -0.1) is 4.83 Å². The number of amides is 1. The second-order valence-corrected chi connectivity index (χ2v) is 5.17. The van der Waals surface area contributed by atoms with Crippen LogP contribution in [-0.2, 0) is 14.8 Å². The molecule has 0 fully saturated rings. The molecule has 0 saturated heterocycles. The smallest absolute Gasteiger partial charge is 0.257 e. The summed E-state index contributed by atoms with van der Waals surface area (Å²) in [5, 5.41) is -0.310. The minimum Gasteiger partial charge on any atom is -0.278 e. The summed E-state index contributed by atoms with van der Waals surface area (Å²) in [5.41, 5.74) is 1.99. The number of halogens is 2. The highest BCUT2D eigenvalue weighted by atomic mass is 35.5. The molecule has 1 aromatic carbocycles. The number of hydrogen-bond acceptors (Lipinski definition) is 3. The fourth-order valence-corrected chi connectivity index (χ4v) is 2.05. The molecule has 0 aliphatic carbocycles. The molecule has 2 N–H and O–H groups in total. The second-order valence-electron chi connectivity index (χ2n) is 3.08. The Morgan fingerprint density at radius 3 is 2.65 bits per heavy atom. The van der Waals surface area contributed by atoms with E-state index in [4.69, 9.17) is 11.6 Å². The first kappa shape index (κ1) is 13.9. The largest absolute Gasteiger partial charge is 0.278 e. The van der Waals surface area contributed by atoms with E-state index < -0.39 is 21.7 Å². The van der Waals surface area contributed by atoms with E-state index in [1.807, 2.05) is 10.3 Å². The molecule has 94 valence electrons. The van der Waals surface area contributed by atoms with Crippen molar-refractivity contribution in [3.05, 3.63) is 29.0 Å². The van der Waals surface area contributed by atoms with Gasteiger partial charge in [0.05, 0.1) is 9.92 Å². The number of hydrogen-bond donors (Lipinski definition) is 2. The van der Waals surface area contributed by atoms with Gasteiger partial charge in [0.1, 0.15) is 5.82 Å². The molecule has 1 rings (SSSR count). The number of hydrazine groups is 1. The molecule has 0 bridgehead atoms. The summed E-state index contributed by atoms with van der Waals surface area (Å²) in [4.78, 5) is 12.5. The van der Waals surface area contributed by atoms with E-state index in [0.29, 0.717) is 0 Å². The molecule has 0 aliphatic heterocycles. The van der Waals surface area contributed by atoms with Crippen LogP contribution in [0.15, 0.2) is 23.1 Å². The van der Waals surface area contributed by atoms with Gasteiger partial charge < -0.3 is 0 Å². The lowest BCUT2D eigenvalue weighted by atomic mass is 10.3. The van der Waals surface area contributed by atoms with Crippen molar-refractivity contribution in [1.82, 2.24) is 10.3 Å². The zero-order valence-electron chi connectivity index (χ0n) is 8.83. The molecule has 8 heteroatoms. The van der Waals surface area contributed by atoms with Gasteiger partial charge in [-0.25, -0.2) is 12.8 Å². The van der Waals surface area contributed by atoms with Crippen LogP contribution in [0.4, 0.5) is 4.39 Å². The summed E-state index contributed by atoms with van der Waals surface area (Å²) in [7, 11) is -3.94. The van der Waals surface area contributed by atoms with Crippen molar-refractivity contribution in [2.45, 2.75) is 18.2 Å². The van der Waals surface area contributed by atoms with Crippen molar-refractivity contribution >= 4 is 27.5 Å². The predicted molar refractivity (Wildman–Crippen MR) is 60.2 cm³/mol. The zero-order valence-corrected chi connectivity index (χ0v) is 10.4. The molecule has 5 nitrogen and oxygen atoms in total. The van der Waals surface area contributed by atoms with Crippen molar-refractivity contribution in [2.24, 2.45) is 0 Å². The van der Waals surface area contributed by atoms with Gasteiger partial charge in [-0.2, -0.15) is 0 Å². The number of nitrogens with one attached hydrogen (secondary N) is 2. The molecule has 0 aromatic heterocycles. The minimum absolute atomic E-state index is 0.132. The fourth-order valence-electron chi connectivity index (χ4n) is 0.915. The summed E-state index contributed by atoms with van der Waals surface area (Å²) in [5.74, 6) is -1.20. The van der Waals surface area contributed by atoms with E-state index in [1.54, 1.807) is 6.92 Å². The monoisotopic (exact) mass is 280 g/mol. The lowest BCUT2D eigenvalue weighted by Gasteiger charge is -2.07. The molecule has 0 heterocycles. The lowest BCUT2D eigenvalue weighted by Crippen LogP contribution is -2.41. The first-order valence-electron chi connectivity index (χ1n) is 4.62. The van der Waals surface area contributed by atoms with E-state index in [0.717, 1.165) is 18.2 Å². The Kier molecular flexibility index (Phi) is 4.44. The molecular formula is C9H10ClFN2O3S. The molecule has 0 unspecified atom stereocenters. The summed E-state index contributed by atoms with van der Waals surface area (Å²) in [6, 6.07) is 2.93. The molecule has 0 radical (unpaired) electrons. The van der Waals surface area contributed by atoms with Crippen molar-refractivity contribution in [3.8, 4) is 0 Å². The van der Waals surface area contributed by atoms with Gasteiger partial charge in [-0.1, -0.05) is 18.5 Å². The first-order chi connectivity index (χ1) is 7.86. The van der Waals surface area contributed by atoms with Crippen molar-refractivity contribution in [2.75, 3.05) is 0 Å². The zero-order chi connectivity index (χ0) is 13.1. The molecule has 1 amide bonds. The highest BCUT2D eigenvalue weighted by Crippen LogP contribution is 2.18. The van der Waals surface area contributed by atoms with Gasteiger partial charge in [0.2, 0.25) is 5.91 Å². The maximum Gasteiger partial charge on any atom is 0.257 e. The van der Waals surface area contributed by atoms with E-state index >= 15 is 0 Å². The highest BCUT2D eigenvalue weighted by Gasteiger charge is 2.16. The van der Waals surface area contributed by atoms with Crippen LogP contribution in [-0.4, -0.2) is 14.3 Å². The SMILES string of the molecule is CCC(=O)NNS(=O)(=O)c1ccc(F)c(Cl)c1. The number of carbonyl (C=O) groups excluding carboxylic acids is 1. The van der Waals surface area contributed by atoms with Gasteiger partial charge >= 0.3 is 0 Å². The summed E-state index contributed by atoms with van der Waals surface area (Å²) >= 11 is 5.46. The van der Waals surface area contributed by atoms with E-state index in [1.165, 1.54) is 0 Å². The van der Waals surface area contributed by atoms with Gasteiger partial charge in [0.25, 0.3) is 10.0 Å². The fraction of sp³-hybridized carbons (Fsp3) is 0.222. The van der Waals surface area contributed by atoms with Gasteiger partial charge in [0, 0.05) is 6.42 Å². The molecule has 0 saturated carbocycles. The Morgan fingerprint density at radius 2 is 2.12 bits per heavy atom. The maximum atomic E-state index is 12.8. The standard InChI is InChI=1S/C9H10ClFN2O3S/c1-2-9(14)12-13-17(15,16)6-3-4-8(11)7(10)5-6/h3-5,13H,2H2,1H3,(H,12,14). The van der Waals surface area contributed by atoms with Crippen molar-refractivity contribution in [3.63, 3.8) is 0 Å². The highest BCUT2D eigenvalue weighted by molar-refractivity contribution is 7.89. The van der Waals surface area contributed by atoms with Crippen LogP contribution in [0.25, 0.3) is 0 Å². The first-order valence-corrected chi connectivity index (χ1v) is 6.48. The van der Waals surface area contributed by atoms with E-state index in [-0.39, 0.29) is 16.3 Å². The summed E-state index contributed by atoms with van der Waals surface area (Å²) < 4.78 is 36.1. The molecule has 0 aliphatic rings. The third-order valence-electron chi connectivity index (χ3n) is 1.85.